The van der Waals surface area contributed by atoms with Gasteiger partial charge in [0.15, 0.2) is 0 Å². The van der Waals surface area contributed by atoms with E-state index in [1.54, 1.807) is 13.8 Å². The minimum absolute atomic E-state index is 0.269. The van der Waals surface area contributed by atoms with Crippen LogP contribution in [-0.2, 0) is 19.1 Å². The lowest BCUT2D eigenvalue weighted by Gasteiger charge is -2.28. The molecule has 0 aromatic carbocycles. The summed E-state index contributed by atoms with van der Waals surface area (Å²) in [4.78, 5) is 36.6. The number of allylic oxidation sites excluding steroid dienone is 1. The van der Waals surface area contributed by atoms with Gasteiger partial charge in [0, 0.05) is 13.2 Å². The van der Waals surface area contributed by atoms with Gasteiger partial charge in [0.25, 0.3) is 0 Å². The standard InChI is InChI=1S/C26H47N3O6/c1-25(2,23(31)32)16-19-34-26(3,4)15-18-28-22(30)21(14-10-11-17-27)29-24(33)35-20-12-8-6-5-7-9-13-20/h8,12,20-21H,5-7,9-11,13-19,27H2,1-4H3,(H,28,30)(H,29,33)(H,31,32)/b12-8+/t20?,21-/m0/s1. The molecule has 0 aromatic rings. The van der Waals surface area contributed by atoms with Crippen molar-refractivity contribution in [2.45, 2.75) is 110 Å². The fourth-order valence-corrected chi connectivity index (χ4v) is 3.67. The van der Waals surface area contributed by atoms with Gasteiger partial charge in [0.2, 0.25) is 5.91 Å². The molecule has 2 atom stereocenters. The number of hydrogen-bond acceptors (Lipinski definition) is 6. The zero-order chi connectivity index (χ0) is 26.3. The zero-order valence-corrected chi connectivity index (χ0v) is 22.1. The molecule has 1 aliphatic carbocycles. The van der Waals surface area contributed by atoms with Crippen molar-refractivity contribution in [3.63, 3.8) is 0 Å². The summed E-state index contributed by atoms with van der Waals surface area (Å²) in [7, 11) is 0. The van der Waals surface area contributed by atoms with Gasteiger partial charge in [-0.25, -0.2) is 4.79 Å². The molecule has 0 saturated carbocycles. The highest BCUT2D eigenvalue weighted by atomic mass is 16.6. The second-order valence-corrected chi connectivity index (χ2v) is 10.6. The van der Waals surface area contributed by atoms with Gasteiger partial charge in [0.1, 0.15) is 12.1 Å². The Bertz CT molecular complexity index is 693. The first kappa shape index (κ1) is 30.9. The van der Waals surface area contributed by atoms with Crippen LogP contribution in [0.4, 0.5) is 4.79 Å². The van der Waals surface area contributed by atoms with Gasteiger partial charge in [-0.05, 0) is 98.1 Å². The molecule has 1 unspecified atom stereocenters. The first-order chi connectivity index (χ1) is 16.5. The maximum Gasteiger partial charge on any atom is 0.408 e. The van der Waals surface area contributed by atoms with Gasteiger partial charge >= 0.3 is 12.1 Å². The molecular formula is C26H47N3O6. The number of ether oxygens (including phenoxy) is 2. The number of carboxylic acid groups (broad SMARTS) is 1. The highest BCUT2D eigenvalue weighted by Gasteiger charge is 2.29. The lowest BCUT2D eigenvalue weighted by atomic mass is 9.90. The summed E-state index contributed by atoms with van der Waals surface area (Å²) in [6.07, 6.45) is 11.1. The number of rotatable bonds is 15. The van der Waals surface area contributed by atoms with E-state index < -0.39 is 29.1 Å². The number of hydrogen-bond donors (Lipinski definition) is 4. The average Bonchev–Trinajstić information content (AvgIpc) is 2.74. The largest absolute Gasteiger partial charge is 0.481 e. The van der Waals surface area contributed by atoms with Crippen molar-refractivity contribution >= 4 is 18.0 Å². The lowest BCUT2D eigenvalue weighted by Crippen LogP contribution is -2.48. The Kier molecular flexibility index (Phi) is 13.9. The van der Waals surface area contributed by atoms with Gasteiger partial charge in [0.05, 0.1) is 11.0 Å². The van der Waals surface area contributed by atoms with Crippen molar-refractivity contribution in [1.29, 1.82) is 0 Å². The highest BCUT2D eigenvalue weighted by molar-refractivity contribution is 5.85. The molecule has 0 heterocycles. The van der Waals surface area contributed by atoms with Crippen molar-refractivity contribution < 1.29 is 29.0 Å². The maximum atomic E-state index is 12.8. The van der Waals surface area contributed by atoms with Gasteiger partial charge < -0.3 is 30.9 Å². The van der Waals surface area contributed by atoms with E-state index in [1.165, 1.54) is 0 Å². The summed E-state index contributed by atoms with van der Waals surface area (Å²) >= 11 is 0. The first-order valence-electron chi connectivity index (χ1n) is 13.0. The monoisotopic (exact) mass is 497 g/mol. The minimum Gasteiger partial charge on any atom is -0.481 e. The summed E-state index contributed by atoms with van der Waals surface area (Å²) < 4.78 is 11.4. The zero-order valence-electron chi connectivity index (χ0n) is 22.1. The molecule has 5 N–H and O–H groups in total. The number of carbonyl (C=O) groups is 3. The molecule has 0 spiro atoms. The molecule has 0 radical (unpaired) electrons. The van der Waals surface area contributed by atoms with Gasteiger partial charge in [-0.3, -0.25) is 9.59 Å². The topological polar surface area (TPSA) is 140 Å². The molecule has 0 aromatic heterocycles. The van der Waals surface area contributed by atoms with Crippen LogP contribution in [0.3, 0.4) is 0 Å². The second-order valence-electron chi connectivity index (χ2n) is 10.6. The van der Waals surface area contributed by atoms with E-state index in [4.69, 9.17) is 15.2 Å². The molecule has 0 fully saturated rings. The summed E-state index contributed by atoms with van der Waals surface area (Å²) in [5, 5.41) is 14.9. The third-order valence-corrected chi connectivity index (χ3v) is 6.35. The SMILES string of the molecule is CC(C)(CCNC(=O)[C@H](CCCCN)NC(=O)OC1/C=C/CCCCC1)OCCC(C)(C)C(=O)O. The first-order valence-corrected chi connectivity index (χ1v) is 13.0. The quantitative estimate of drug-likeness (QED) is 0.199. The van der Waals surface area contributed by atoms with E-state index in [2.05, 4.69) is 16.7 Å². The normalized spacial score (nSPS) is 18.6. The van der Waals surface area contributed by atoms with Crippen molar-refractivity contribution in [1.82, 2.24) is 10.6 Å². The summed E-state index contributed by atoms with van der Waals surface area (Å²) in [5.74, 6) is -1.13. The number of nitrogens with two attached hydrogens (primary N) is 1. The van der Waals surface area contributed by atoms with Gasteiger partial charge in [-0.15, -0.1) is 0 Å². The Labute approximate surface area is 210 Å². The molecule has 0 aliphatic heterocycles. The number of amides is 2. The van der Waals surface area contributed by atoms with Crippen LogP contribution >= 0.6 is 0 Å². The Hall–Kier alpha value is -2.13. The van der Waals surface area contributed by atoms with Crippen LogP contribution in [0.5, 0.6) is 0 Å². The van der Waals surface area contributed by atoms with E-state index >= 15 is 0 Å². The highest BCUT2D eigenvalue weighted by Crippen LogP contribution is 2.23. The fourth-order valence-electron chi connectivity index (χ4n) is 3.67. The Balaban J connectivity index is 2.54. The number of unbranched alkanes of at least 4 members (excludes halogenated alkanes) is 1. The summed E-state index contributed by atoms with van der Waals surface area (Å²) in [5.41, 5.74) is 4.20. The number of aliphatic carboxylic acids is 1. The summed E-state index contributed by atoms with van der Waals surface area (Å²) in [6, 6.07) is -0.702. The number of nitrogens with one attached hydrogen (secondary N) is 2. The molecule has 2 amide bonds. The number of carboxylic acids is 1. The third kappa shape index (κ3) is 13.5. The van der Waals surface area contributed by atoms with Crippen molar-refractivity contribution in [2.75, 3.05) is 19.7 Å². The summed E-state index contributed by atoms with van der Waals surface area (Å²) in [6.45, 7) is 8.35. The molecule has 9 heteroatoms. The maximum absolute atomic E-state index is 12.8. The predicted octanol–water partition coefficient (Wildman–Crippen LogP) is 3.90. The van der Waals surface area contributed by atoms with Crippen LogP contribution in [-0.4, -0.2) is 60.5 Å². The van der Waals surface area contributed by atoms with E-state index in [9.17, 15) is 19.5 Å². The van der Waals surface area contributed by atoms with Crippen LogP contribution in [0.25, 0.3) is 0 Å². The molecule has 1 aliphatic rings. The van der Waals surface area contributed by atoms with Crippen LogP contribution in [0, 0.1) is 5.41 Å². The van der Waals surface area contributed by atoms with E-state index in [0.29, 0.717) is 45.4 Å². The number of alkyl carbamates (subject to hydrolysis) is 1. The van der Waals surface area contributed by atoms with Gasteiger partial charge in [-0.2, -0.15) is 0 Å². The Morgan fingerprint density at radius 1 is 1.11 bits per heavy atom. The van der Waals surface area contributed by atoms with E-state index in [1.807, 2.05) is 19.9 Å². The fraction of sp³-hybridized carbons (Fsp3) is 0.808. The van der Waals surface area contributed by atoms with Crippen molar-refractivity contribution in [2.24, 2.45) is 11.1 Å². The molecule has 0 bridgehead atoms. The van der Waals surface area contributed by atoms with Gasteiger partial charge in [-0.1, -0.05) is 12.5 Å². The predicted molar refractivity (Wildman–Crippen MR) is 136 cm³/mol. The second kappa shape index (κ2) is 15.8. The molecule has 1 rings (SSSR count). The van der Waals surface area contributed by atoms with E-state index in [-0.39, 0.29) is 12.0 Å². The molecular weight excluding hydrogens is 450 g/mol. The van der Waals surface area contributed by atoms with Crippen LogP contribution in [0.2, 0.25) is 0 Å². The van der Waals surface area contributed by atoms with Crippen LogP contribution < -0.4 is 16.4 Å². The third-order valence-electron chi connectivity index (χ3n) is 6.35. The Morgan fingerprint density at radius 2 is 1.86 bits per heavy atom. The smallest absolute Gasteiger partial charge is 0.408 e. The Morgan fingerprint density at radius 3 is 2.54 bits per heavy atom. The van der Waals surface area contributed by atoms with E-state index in [0.717, 1.165) is 38.5 Å². The van der Waals surface area contributed by atoms with Crippen LogP contribution in [0.15, 0.2) is 12.2 Å². The lowest BCUT2D eigenvalue weighted by molar-refractivity contribution is -0.149. The van der Waals surface area contributed by atoms with Crippen LogP contribution in [0.1, 0.15) is 91.9 Å². The molecule has 202 valence electrons. The number of carbonyl (C=O) groups excluding carboxylic acids is 2. The molecule has 35 heavy (non-hydrogen) atoms. The average molecular weight is 498 g/mol. The van der Waals surface area contributed by atoms with Crippen molar-refractivity contribution in [3.8, 4) is 0 Å². The molecule has 0 saturated heterocycles. The van der Waals surface area contributed by atoms with Crippen molar-refractivity contribution in [3.05, 3.63) is 12.2 Å². The molecule has 9 nitrogen and oxygen atoms in total. The minimum atomic E-state index is -0.858.